The van der Waals surface area contributed by atoms with Crippen molar-refractivity contribution >= 4 is 27.3 Å². The molecule has 0 radical (unpaired) electrons. The molecule has 0 spiro atoms. The largest absolute Gasteiger partial charge is 0.492 e. The van der Waals surface area contributed by atoms with Crippen LogP contribution in [0.3, 0.4) is 0 Å². The molecule has 176 valence electrons. The van der Waals surface area contributed by atoms with Crippen molar-refractivity contribution in [3.05, 3.63) is 54.6 Å². The summed E-state index contributed by atoms with van der Waals surface area (Å²) in [5, 5.41) is 15.0. The summed E-state index contributed by atoms with van der Waals surface area (Å²) in [6.07, 6.45) is -0.0992. The number of carbonyl (C=O) groups excluding carboxylic acids is 2. The standard InChI is InChI=1S/C24H28N2O6S/c1-2-32-20-11-7-6-10-18(20)25-23(28)15-12-13-17-19(14-15)26-24(29)22(21(17)27)33(30,31)16-8-4-3-5-9-16/h3-11,15,17,19,21-22,27H,2,12-14H2,1H3,(H,25,28)(H,26,29). The van der Waals surface area contributed by atoms with Gasteiger partial charge in [-0.15, -0.1) is 0 Å². The van der Waals surface area contributed by atoms with Crippen molar-refractivity contribution in [2.75, 3.05) is 11.9 Å². The van der Waals surface area contributed by atoms with Crippen LogP contribution in [0.15, 0.2) is 59.5 Å². The Labute approximate surface area is 193 Å². The molecule has 9 heteroatoms. The van der Waals surface area contributed by atoms with Crippen LogP contribution in [0.2, 0.25) is 0 Å². The molecule has 1 saturated carbocycles. The first kappa shape index (κ1) is 23.3. The lowest BCUT2D eigenvalue weighted by molar-refractivity contribution is -0.132. The quantitative estimate of drug-likeness (QED) is 0.592. The van der Waals surface area contributed by atoms with Crippen molar-refractivity contribution in [1.82, 2.24) is 5.32 Å². The zero-order valence-electron chi connectivity index (χ0n) is 18.3. The van der Waals surface area contributed by atoms with E-state index in [1.165, 1.54) is 12.1 Å². The molecule has 1 aliphatic heterocycles. The molecule has 5 unspecified atom stereocenters. The Morgan fingerprint density at radius 2 is 1.82 bits per heavy atom. The van der Waals surface area contributed by atoms with Crippen molar-refractivity contribution in [3.63, 3.8) is 0 Å². The van der Waals surface area contributed by atoms with Crippen LogP contribution in [0, 0.1) is 11.8 Å². The van der Waals surface area contributed by atoms with Crippen LogP contribution in [-0.2, 0) is 19.4 Å². The SMILES string of the molecule is CCOc1ccccc1NC(=O)C1CCC2C(C1)NC(=O)C(S(=O)(=O)c1ccccc1)C2O. The number of rotatable bonds is 6. The highest BCUT2D eigenvalue weighted by atomic mass is 32.2. The van der Waals surface area contributed by atoms with Crippen LogP contribution >= 0.6 is 0 Å². The lowest BCUT2D eigenvalue weighted by atomic mass is 9.73. The summed E-state index contributed by atoms with van der Waals surface area (Å²) in [6, 6.07) is 14.4. The molecule has 0 aromatic heterocycles. The summed E-state index contributed by atoms with van der Waals surface area (Å²) >= 11 is 0. The van der Waals surface area contributed by atoms with E-state index in [1.807, 2.05) is 13.0 Å². The number of aliphatic hydroxyl groups is 1. The lowest BCUT2D eigenvalue weighted by Gasteiger charge is -2.44. The molecule has 2 aromatic rings. The number of carbonyl (C=O) groups is 2. The Balaban J connectivity index is 1.46. The molecule has 33 heavy (non-hydrogen) atoms. The van der Waals surface area contributed by atoms with Gasteiger partial charge in [0.05, 0.1) is 23.3 Å². The average molecular weight is 473 g/mol. The summed E-state index contributed by atoms with van der Waals surface area (Å²) < 4.78 is 31.7. The number of para-hydroxylation sites is 2. The fourth-order valence-electron chi connectivity index (χ4n) is 4.82. The van der Waals surface area contributed by atoms with Crippen LogP contribution in [0.1, 0.15) is 26.2 Å². The number of aliphatic hydroxyl groups excluding tert-OH is 1. The fraction of sp³-hybridized carbons (Fsp3) is 0.417. The molecule has 1 saturated heterocycles. The van der Waals surface area contributed by atoms with E-state index in [4.69, 9.17) is 4.74 Å². The molecule has 1 heterocycles. The summed E-state index contributed by atoms with van der Waals surface area (Å²) in [5.41, 5.74) is 0.577. The van der Waals surface area contributed by atoms with E-state index < -0.39 is 39.1 Å². The van der Waals surface area contributed by atoms with Crippen LogP contribution in [0.5, 0.6) is 5.75 Å². The highest BCUT2D eigenvalue weighted by Gasteiger charge is 2.52. The number of ether oxygens (including phenoxy) is 1. The summed E-state index contributed by atoms with van der Waals surface area (Å²) in [7, 11) is -4.05. The zero-order valence-corrected chi connectivity index (χ0v) is 19.1. The molecular formula is C24H28N2O6S. The molecular weight excluding hydrogens is 444 g/mol. The number of amides is 2. The number of anilines is 1. The Morgan fingerprint density at radius 3 is 2.55 bits per heavy atom. The van der Waals surface area contributed by atoms with E-state index >= 15 is 0 Å². The fourth-order valence-corrected chi connectivity index (χ4v) is 6.57. The van der Waals surface area contributed by atoms with E-state index in [0.717, 1.165) is 0 Å². The van der Waals surface area contributed by atoms with Crippen LogP contribution in [0.4, 0.5) is 5.69 Å². The predicted octanol–water partition coefficient (Wildman–Crippen LogP) is 2.14. The van der Waals surface area contributed by atoms with Gasteiger partial charge in [-0.3, -0.25) is 9.59 Å². The van der Waals surface area contributed by atoms with Gasteiger partial charge >= 0.3 is 0 Å². The lowest BCUT2D eigenvalue weighted by Crippen LogP contribution is -2.63. The smallest absolute Gasteiger partial charge is 0.241 e. The van der Waals surface area contributed by atoms with Gasteiger partial charge in [-0.1, -0.05) is 30.3 Å². The number of hydrogen-bond acceptors (Lipinski definition) is 6. The molecule has 0 bridgehead atoms. The number of nitrogens with one attached hydrogen (secondary N) is 2. The Kier molecular flexibility index (Phi) is 6.71. The molecule has 2 aromatic carbocycles. The van der Waals surface area contributed by atoms with Gasteiger partial charge in [0.25, 0.3) is 0 Å². The van der Waals surface area contributed by atoms with Gasteiger partial charge < -0.3 is 20.5 Å². The maximum atomic E-state index is 13.0. The molecule has 8 nitrogen and oxygen atoms in total. The Bertz CT molecular complexity index is 1120. The Morgan fingerprint density at radius 1 is 1.12 bits per heavy atom. The van der Waals surface area contributed by atoms with Gasteiger partial charge in [0.1, 0.15) is 5.75 Å². The minimum atomic E-state index is -4.05. The first-order valence-corrected chi connectivity index (χ1v) is 12.7. The molecule has 2 fully saturated rings. The highest BCUT2D eigenvalue weighted by Crippen LogP contribution is 2.38. The monoisotopic (exact) mass is 472 g/mol. The molecule has 5 atom stereocenters. The Hall–Kier alpha value is -2.91. The van der Waals surface area contributed by atoms with Crippen LogP contribution in [-0.4, -0.2) is 49.3 Å². The van der Waals surface area contributed by atoms with Crippen LogP contribution < -0.4 is 15.4 Å². The zero-order chi connectivity index (χ0) is 23.6. The van der Waals surface area contributed by atoms with E-state index in [2.05, 4.69) is 10.6 Å². The van der Waals surface area contributed by atoms with Gasteiger partial charge in [0.2, 0.25) is 11.8 Å². The van der Waals surface area contributed by atoms with Gasteiger partial charge in [-0.2, -0.15) is 0 Å². The van der Waals surface area contributed by atoms with E-state index in [9.17, 15) is 23.1 Å². The van der Waals surface area contributed by atoms with Crippen molar-refractivity contribution in [2.45, 2.75) is 48.5 Å². The second-order valence-electron chi connectivity index (χ2n) is 8.48. The number of piperidine rings is 1. The van der Waals surface area contributed by atoms with Crippen molar-refractivity contribution < 1.29 is 27.9 Å². The molecule has 2 aliphatic rings. The van der Waals surface area contributed by atoms with E-state index in [1.54, 1.807) is 36.4 Å². The minimum Gasteiger partial charge on any atom is -0.492 e. The molecule has 3 N–H and O–H groups in total. The molecule has 2 amide bonds. The second-order valence-corrected chi connectivity index (χ2v) is 10.5. The predicted molar refractivity (Wildman–Crippen MR) is 122 cm³/mol. The number of hydrogen-bond donors (Lipinski definition) is 3. The third-order valence-corrected chi connectivity index (χ3v) is 8.55. The van der Waals surface area contributed by atoms with Gasteiger partial charge in [0, 0.05) is 17.9 Å². The van der Waals surface area contributed by atoms with E-state index in [-0.39, 0.29) is 16.7 Å². The van der Waals surface area contributed by atoms with Crippen molar-refractivity contribution in [3.8, 4) is 5.75 Å². The highest BCUT2D eigenvalue weighted by molar-refractivity contribution is 7.92. The van der Waals surface area contributed by atoms with Gasteiger partial charge in [0.15, 0.2) is 15.1 Å². The molecule has 1 aliphatic carbocycles. The first-order valence-electron chi connectivity index (χ1n) is 11.1. The number of benzene rings is 2. The minimum absolute atomic E-state index is 0.00340. The maximum Gasteiger partial charge on any atom is 0.241 e. The number of fused-ring (bicyclic) bond motifs is 1. The van der Waals surface area contributed by atoms with Gasteiger partial charge in [-0.25, -0.2) is 8.42 Å². The van der Waals surface area contributed by atoms with Crippen LogP contribution in [0.25, 0.3) is 0 Å². The van der Waals surface area contributed by atoms with Crippen molar-refractivity contribution in [1.29, 1.82) is 0 Å². The normalized spacial score (nSPS) is 27.2. The second kappa shape index (κ2) is 9.52. The van der Waals surface area contributed by atoms with E-state index in [0.29, 0.717) is 37.3 Å². The number of sulfone groups is 1. The first-order chi connectivity index (χ1) is 15.8. The summed E-state index contributed by atoms with van der Waals surface area (Å²) in [4.78, 5) is 25.7. The summed E-state index contributed by atoms with van der Waals surface area (Å²) in [6.45, 7) is 2.33. The molecule has 4 rings (SSSR count). The third-order valence-electron chi connectivity index (χ3n) is 6.46. The third kappa shape index (κ3) is 4.60. The van der Waals surface area contributed by atoms with Crippen molar-refractivity contribution in [2.24, 2.45) is 11.8 Å². The topological polar surface area (TPSA) is 122 Å². The van der Waals surface area contributed by atoms with Gasteiger partial charge in [-0.05, 0) is 50.5 Å². The average Bonchev–Trinajstić information content (AvgIpc) is 2.80. The summed E-state index contributed by atoms with van der Waals surface area (Å²) in [5.74, 6) is -1.15. The maximum absolute atomic E-state index is 13.0.